The van der Waals surface area contributed by atoms with Gasteiger partial charge < -0.3 is 9.64 Å². The second kappa shape index (κ2) is 5.54. The monoisotopic (exact) mass is 283 g/mol. The largest absolute Gasteiger partial charge is 0.378 e. The van der Waals surface area contributed by atoms with E-state index in [9.17, 15) is 5.26 Å². The molecule has 1 aliphatic heterocycles. The van der Waals surface area contributed by atoms with E-state index in [1.54, 1.807) is 4.80 Å². The Morgan fingerprint density at radius 2 is 1.95 bits per heavy atom. The maximum absolute atomic E-state index is 9.31. The number of ether oxygens (including phenoxy) is 1. The predicted molar refractivity (Wildman–Crippen MR) is 78.6 cm³/mol. The number of hydrogen-bond donors (Lipinski definition) is 0. The normalized spacial score (nSPS) is 15.0. The van der Waals surface area contributed by atoms with E-state index in [0.717, 1.165) is 24.3 Å². The van der Waals surface area contributed by atoms with Crippen LogP contribution in [0.3, 0.4) is 0 Å². The Morgan fingerprint density at radius 3 is 2.67 bits per heavy atom. The first-order chi connectivity index (χ1) is 10.2. The van der Waals surface area contributed by atoms with Crippen LogP contribution in [-0.4, -0.2) is 41.3 Å². The lowest BCUT2D eigenvalue weighted by Crippen LogP contribution is -2.37. The van der Waals surface area contributed by atoms with Gasteiger partial charge in [-0.05, 0) is 31.0 Å². The van der Waals surface area contributed by atoms with Gasteiger partial charge in [-0.3, -0.25) is 0 Å². The van der Waals surface area contributed by atoms with Crippen molar-refractivity contribution in [2.45, 2.75) is 13.8 Å². The number of anilines is 1. The fraction of sp³-hybridized carbons (Fsp3) is 0.400. The minimum atomic E-state index is 0.359. The maximum atomic E-state index is 9.31. The van der Waals surface area contributed by atoms with Gasteiger partial charge in [0.25, 0.3) is 0 Å². The van der Waals surface area contributed by atoms with Crippen molar-refractivity contribution in [3.8, 4) is 11.8 Å². The first-order valence-corrected chi connectivity index (χ1v) is 6.97. The average Bonchev–Trinajstić information content (AvgIpc) is 2.95. The van der Waals surface area contributed by atoms with Crippen LogP contribution in [0, 0.1) is 25.2 Å². The van der Waals surface area contributed by atoms with Crippen LogP contribution in [0.25, 0.3) is 5.69 Å². The number of rotatable bonds is 2. The summed E-state index contributed by atoms with van der Waals surface area (Å²) >= 11 is 0. The van der Waals surface area contributed by atoms with Gasteiger partial charge in [-0.25, -0.2) is 0 Å². The number of aromatic nitrogens is 3. The molecule has 0 bridgehead atoms. The molecule has 0 unspecified atom stereocenters. The molecule has 0 amide bonds. The van der Waals surface area contributed by atoms with Crippen molar-refractivity contribution >= 4 is 5.82 Å². The predicted octanol–water partition coefficient (Wildman–Crippen LogP) is 1.59. The van der Waals surface area contributed by atoms with Crippen LogP contribution in [0.4, 0.5) is 5.82 Å². The lowest BCUT2D eigenvalue weighted by molar-refractivity contribution is 0.122. The topological polar surface area (TPSA) is 67.0 Å². The highest BCUT2D eigenvalue weighted by Crippen LogP contribution is 2.21. The first kappa shape index (κ1) is 13.6. The number of nitriles is 1. The van der Waals surface area contributed by atoms with Crippen LogP contribution in [0.1, 0.15) is 16.8 Å². The molecule has 6 nitrogen and oxygen atoms in total. The van der Waals surface area contributed by atoms with E-state index in [1.165, 1.54) is 5.56 Å². The standard InChI is InChI=1S/C15H17N5O/c1-11-4-3-5-14(12(11)2)20-17-13(10-16)15(18-20)19-6-8-21-9-7-19/h3-5H,6-9H2,1-2H3. The van der Waals surface area contributed by atoms with Crippen molar-refractivity contribution in [2.75, 3.05) is 31.2 Å². The fourth-order valence-electron chi connectivity index (χ4n) is 2.42. The molecule has 0 N–H and O–H groups in total. The van der Waals surface area contributed by atoms with E-state index in [4.69, 9.17) is 4.74 Å². The van der Waals surface area contributed by atoms with Crippen LogP contribution in [-0.2, 0) is 4.74 Å². The van der Waals surface area contributed by atoms with Crippen molar-refractivity contribution < 1.29 is 4.74 Å². The Kier molecular flexibility index (Phi) is 3.59. The van der Waals surface area contributed by atoms with E-state index < -0.39 is 0 Å². The zero-order valence-corrected chi connectivity index (χ0v) is 12.2. The Balaban J connectivity index is 2.03. The summed E-state index contributed by atoms with van der Waals surface area (Å²) in [5, 5.41) is 18.2. The van der Waals surface area contributed by atoms with Gasteiger partial charge in [0.2, 0.25) is 5.69 Å². The summed E-state index contributed by atoms with van der Waals surface area (Å²) < 4.78 is 5.34. The quantitative estimate of drug-likeness (QED) is 0.837. The zero-order chi connectivity index (χ0) is 14.8. The number of hydrogen-bond acceptors (Lipinski definition) is 5. The molecule has 1 saturated heterocycles. The molecule has 0 atom stereocenters. The number of aryl methyl sites for hydroxylation is 1. The maximum Gasteiger partial charge on any atom is 0.207 e. The molecule has 21 heavy (non-hydrogen) atoms. The summed E-state index contributed by atoms with van der Waals surface area (Å²) in [6.45, 7) is 6.87. The Labute approximate surface area is 123 Å². The van der Waals surface area contributed by atoms with Crippen LogP contribution in [0.2, 0.25) is 0 Å². The first-order valence-electron chi connectivity index (χ1n) is 6.97. The third kappa shape index (κ3) is 2.48. The van der Waals surface area contributed by atoms with E-state index in [0.29, 0.717) is 24.7 Å². The highest BCUT2D eigenvalue weighted by atomic mass is 16.5. The van der Waals surface area contributed by atoms with Crippen LogP contribution in [0.5, 0.6) is 0 Å². The summed E-state index contributed by atoms with van der Waals surface area (Å²) in [5.74, 6) is 0.640. The minimum Gasteiger partial charge on any atom is -0.378 e. The molecular weight excluding hydrogens is 266 g/mol. The fourth-order valence-corrected chi connectivity index (χ4v) is 2.42. The zero-order valence-electron chi connectivity index (χ0n) is 12.2. The third-order valence-electron chi connectivity index (χ3n) is 3.80. The van der Waals surface area contributed by atoms with Crippen molar-refractivity contribution in [3.05, 3.63) is 35.0 Å². The van der Waals surface area contributed by atoms with Crippen LogP contribution >= 0.6 is 0 Å². The Bertz CT molecular complexity index is 695. The molecule has 0 radical (unpaired) electrons. The molecule has 3 rings (SSSR count). The van der Waals surface area contributed by atoms with Gasteiger partial charge in [-0.1, -0.05) is 12.1 Å². The summed E-state index contributed by atoms with van der Waals surface area (Å²) in [6.07, 6.45) is 0. The minimum absolute atomic E-state index is 0.359. The SMILES string of the molecule is Cc1cccc(-n2nc(C#N)c(N3CCOCC3)n2)c1C. The van der Waals surface area contributed by atoms with Crippen LogP contribution < -0.4 is 4.90 Å². The second-order valence-corrected chi connectivity index (χ2v) is 5.09. The molecule has 6 heteroatoms. The smallest absolute Gasteiger partial charge is 0.207 e. The van der Waals surface area contributed by atoms with Crippen molar-refractivity contribution in [2.24, 2.45) is 0 Å². The molecule has 1 fully saturated rings. The lowest BCUT2D eigenvalue weighted by Gasteiger charge is -2.26. The van der Waals surface area contributed by atoms with Crippen LogP contribution in [0.15, 0.2) is 18.2 Å². The summed E-state index contributed by atoms with van der Waals surface area (Å²) in [5.41, 5.74) is 3.56. The van der Waals surface area contributed by atoms with Gasteiger partial charge in [0.1, 0.15) is 6.07 Å². The summed E-state index contributed by atoms with van der Waals surface area (Å²) in [4.78, 5) is 3.61. The van der Waals surface area contributed by atoms with Gasteiger partial charge in [0.15, 0.2) is 5.82 Å². The molecule has 0 aliphatic carbocycles. The Hall–Kier alpha value is -2.39. The highest BCUT2D eigenvalue weighted by Gasteiger charge is 2.21. The summed E-state index contributed by atoms with van der Waals surface area (Å²) in [6, 6.07) is 8.13. The molecule has 0 spiro atoms. The van der Waals surface area contributed by atoms with Gasteiger partial charge in [-0.15, -0.1) is 15.0 Å². The third-order valence-corrected chi connectivity index (χ3v) is 3.80. The van der Waals surface area contributed by atoms with E-state index in [-0.39, 0.29) is 0 Å². The number of morpholine rings is 1. The molecule has 2 aromatic rings. The van der Waals surface area contributed by atoms with Crippen molar-refractivity contribution in [1.82, 2.24) is 15.0 Å². The van der Waals surface area contributed by atoms with Crippen molar-refractivity contribution in [1.29, 1.82) is 5.26 Å². The van der Waals surface area contributed by atoms with Gasteiger partial charge in [0.05, 0.1) is 18.9 Å². The van der Waals surface area contributed by atoms with Gasteiger partial charge >= 0.3 is 0 Å². The molecule has 1 aromatic heterocycles. The Morgan fingerprint density at radius 1 is 1.19 bits per heavy atom. The summed E-state index contributed by atoms with van der Waals surface area (Å²) in [7, 11) is 0. The molecule has 1 aromatic carbocycles. The molecule has 2 heterocycles. The molecule has 1 aliphatic rings. The number of nitrogens with zero attached hydrogens (tertiary/aromatic N) is 5. The molecule has 108 valence electrons. The van der Waals surface area contributed by atoms with Gasteiger partial charge in [-0.2, -0.15) is 5.26 Å². The van der Waals surface area contributed by atoms with Crippen molar-refractivity contribution in [3.63, 3.8) is 0 Å². The van der Waals surface area contributed by atoms with E-state index >= 15 is 0 Å². The number of benzene rings is 1. The highest BCUT2D eigenvalue weighted by molar-refractivity contribution is 5.51. The lowest BCUT2D eigenvalue weighted by atomic mass is 10.1. The van der Waals surface area contributed by atoms with E-state index in [2.05, 4.69) is 34.2 Å². The second-order valence-electron chi connectivity index (χ2n) is 5.09. The van der Waals surface area contributed by atoms with E-state index in [1.807, 2.05) is 19.1 Å². The molecule has 0 saturated carbocycles. The molecular formula is C15H17N5O. The average molecular weight is 283 g/mol. The van der Waals surface area contributed by atoms with Gasteiger partial charge in [0, 0.05) is 13.1 Å².